The minimum absolute atomic E-state index is 0.0843. The van der Waals surface area contributed by atoms with Crippen LogP contribution in [0.1, 0.15) is 12.8 Å². The summed E-state index contributed by atoms with van der Waals surface area (Å²) in [6.45, 7) is -0.138. The van der Waals surface area contributed by atoms with Gasteiger partial charge in [0.15, 0.2) is 0 Å². The maximum absolute atomic E-state index is 12.3. The van der Waals surface area contributed by atoms with E-state index in [0.717, 1.165) is 4.90 Å². The molecule has 0 aromatic carbocycles. The molecule has 0 bridgehead atoms. The number of carboxylic acid groups (broad SMARTS) is 1. The molecule has 3 amide bonds. The largest absolute Gasteiger partial charge is 0.480 e. The van der Waals surface area contributed by atoms with Gasteiger partial charge in [-0.1, -0.05) is 0 Å². The Morgan fingerprint density at radius 3 is 2.42 bits per heavy atom. The van der Waals surface area contributed by atoms with Gasteiger partial charge < -0.3 is 20.6 Å². The van der Waals surface area contributed by atoms with Crippen molar-refractivity contribution in [1.29, 1.82) is 0 Å². The van der Waals surface area contributed by atoms with Crippen molar-refractivity contribution in [1.82, 2.24) is 15.5 Å². The Balaban J connectivity index is 2.08. The summed E-state index contributed by atoms with van der Waals surface area (Å²) in [5.74, 6) is -2.47. The molecule has 0 radical (unpaired) electrons. The number of hydrogen-bond donors (Lipinski definition) is 3. The van der Waals surface area contributed by atoms with Crippen molar-refractivity contribution in [2.24, 2.45) is 5.92 Å². The summed E-state index contributed by atoms with van der Waals surface area (Å²) in [6, 6.07) is -1.04. The number of amides is 3. The van der Waals surface area contributed by atoms with Gasteiger partial charge in [-0.15, -0.1) is 0 Å². The minimum atomic E-state index is -1.15. The van der Waals surface area contributed by atoms with E-state index in [1.54, 1.807) is 0 Å². The SMILES string of the molecule is O=C1CCC(C(=O)N2CC(=O)NCC2C(=O)O)CN1. The molecule has 2 unspecified atom stereocenters. The summed E-state index contributed by atoms with van der Waals surface area (Å²) in [5.41, 5.74) is 0. The van der Waals surface area contributed by atoms with Crippen LogP contribution in [-0.2, 0) is 19.2 Å². The number of nitrogens with one attached hydrogen (secondary N) is 2. The number of nitrogens with zero attached hydrogens (tertiary/aromatic N) is 1. The van der Waals surface area contributed by atoms with Crippen molar-refractivity contribution in [2.45, 2.75) is 18.9 Å². The molecule has 2 aliphatic rings. The highest BCUT2D eigenvalue weighted by molar-refractivity contribution is 5.92. The third-order valence-electron chi connectivity index (χ3n) is 3.37. The highest BCUT2D eigenvalue weighted by Crippen LogP contribution is 2.17. The quantitative estimate of drug-likeness (QED) is 0.532. The lowest BCUT2D eigenvalue weighted by Gasteiger charge is -2.36. The van der Waals surface area contributed by atoms with E-state index in [2.05, 4.69) is 10.6 Å². The van der Waals surface area contributed by atoms with Crippen LogP contribution in [0.4, 0.5) is 0 Å². The lowest BCUT2D eigenvalue weighted by atomic mass is 9.96. The van der Waals surface area contributed by atoms with E-state index in [9.17, 15) is 19.2 Å². The van der Waals surface area contributed by atoms with Gasteiger partial charge in [0, 0.05) is 19.5 Å². The molecule has 2 aliphatic heterocycles. The Morgan fingerprint density at radius 2 is 1.84 bits per heavy atom. The van der Waals surface area contributed by atoms with Gasteiger partial charge in [0.05, 0.1) is 5.92 Å². The smallest absolute Gasteiger partial charge is 0.328 e. The molecule has 0 aromatic heterocycles. The van der Waals surface area contributed by atoms with Gasteiger partial charge in [0.1, 0.15) is 12.6 Å². The summed E-state index contributed by atoms with van der Waals surface area (Å²) in [5, 5.41) is 14.1. The van der Waals surface area contributed by atoms with Crippen LogP contribution in [0.2, 0.25) is 0 Å². The maximum Gasteiger partial charge on any atom is 0.328 e. The fourth-order valence-corrected chi connectivity index (χ4v) is 2.27. The summed E-state index contributed by atoms with van der Waals surface area (Å²) in [6.07, 6.45) is 0.628. The van der Waals surface area contributed by atoms with Gasteiger partial charge in [0.2, 0.25) is 17.7 Å². The molecule has 0 spiro atoms. The molecule has 2 heterocycles. The molecule has 2 fully saturated rings. The average molecular weight is 269 g/mol. The van der Waals surface area contributed by atoms with Crippen LogP contribution in [0.5, 0.6) is 0 Å². The second-order valence-electron chi connectivity index (χ2n) is 4.66. The standard InChI is InChI=1S/C11H15N3O5/c15-8-2-1-6(3-12-8)10(17)14-5-9(16)13-4-7(14)11(18)19/h6-7H,1-5H2,(H,12,15)(H,13,16)(H,18,19). The minimum Gasteiger partial charge on any atom is -0.480 e. The van der Waals surface area contributed by atoms with Gasteiger partial charge in [-0.25, -0.2) is 4.79 Å². The molecule has 2 saturated heterocycles. The fraction of sp³-hybridized carbons (Fsp3) is 0.636. The highest BCUT2D eigenvalue weighted by Gasteiger charge is 2.38. The topological polar surface area (TPSA) is 116 Å². The van der Waals surface area contributed by atoms with E-state index < -0.39 is 17.9 Å². The summed E-state index contributed by atoms with van der Waals surface area (Å²) < 4.78 is 0. The second kappa shape index (κ2) is 5.25. The van der Waals surface area contributed by atoms with E-state index in [1.165, 1.54) is 0 Å². The number of piperidine rings is 1. The third kappa shape index (κ3) is 2.83. The van der Waals surface area contributed by atoms with Crippen molar-refractivity contribution in [3.63, 3.8) is 0 Å². The number of hydrogen-bond acceptors (Lipinski definition) is 4. The monoisotopic (exact) mass is 269 g/mol. The number of piperazine rings is 1. The average Bonchev–Trinajstić information content (AvgIpc) is 2.38. The van der Waals surface area contributed by atoms with E-state index in [4.69, 9.17) is 5.11 Å². The number of rotatable bonds is 2. The Bertz CT molecular complexity index is 426. The molecule has 2 rings (SSSR count). The molecule has 2 atom stereocenters. The number of aliphatic carboxylic acids is 1. The van der Waals surface area contributed by atoms with E-state index in [-0.39, 0.29) is 43.8 Å². The molecular weight excluding hydrogens is 254 g/mol. The first kappa shape index (κ1) is 13.3. The van der Waals surface area contributed by atoms with Crippen LogP contribution >= 0.6 is 0 Å². The molecule has 19 heavy (non-hydrogen) atoms. The first-order valence-corrected chi connectivity index (χ1v) is 6.05. The fourth-order valence-electron chi connectivity index (χ4n) is 2.27. The molecule has 3 N–H and O–H groups in total. The van der Waals surface area contributed by atoms with Crippen LogP contribution in [0.15, 0.2) is 0 Å². The van der Waals surface area contributed by atoms with Crippen LogP contribution in [-0.4, -0.2) is 59.4 Å². The predicted molar refractivity (Wildman–Crippen MR) is 61.9 cm³/mol. The first-order valence-electron chi connectivity index (χ1n) is 6.05. The van der Waals surface area contributed by atoms with Crippen molar-refractivity contribution in [3.05, 3.63) is 0 Å². The van der Waals surface area contributed by atoms with Crippen molar-refractivity contribution in [3.8, 4) is 0 Å². The first-order chi connectivity index (χ1) is 8.99. The Morgan fingerprint density at radius 1 is 1.16 bits per heavy atom. The van der Waals surface area contributed by atoms with E-state index in [0.29, 0.717) is 6.42 Å². The molecular formula is C11H15N3O5. The number of carbonyl (C=O) groups excluding carboxylic acids is 3. The van der Waals surface area contributed by atoms with Crippen molar-refractivity contribution in [2.75, 3.05) is 19.6 Å². The Labute approximate surface area is 109 Å². The summed E-state index contributed by atoms with van der Waals surface area (Å²) in [4.78, 5) is 46.8. The lowest BCUT2D eigenvalue weighted by Crippen LogP contribution is -2.61. The summed E-state index contributed by atoms with van der Waals surface area (Å²) >= 11 is 0. The van der Waals surface area contributed by atoms with Crippen LogP contribution in [0.25, 0.3) is 0 Å². The van der Waals surface area contributed by atoms with Crippen molar-refractivity contribution < 1.29 is 24.3 Å². The maximum atomic E-state index is 12.3. The molecule has 8 heteroatoms. The van der Waals surface area contributed by atoms with Gasteiger partial charge >= 0.3 is 5.97 Å². The zero-order chi connectivity index (χ0) is 14.0. The Kier molecular flexibility index (Phi) is 3.68. The number of carbonyl (C=O) groups is 4. The Hall–Kier alpha value is -2.12. The van der Waals surface area contributed by atoms with Gasteiger partial charge in [-0.2, -0.15) is 0 Å². The van der Waals surface area contributed by atoms with Crippen LogP contribution in [0.3, 0.4) is 0 Å². The van der Waals surface area contributed by atoms with Crippen LogP contribution in [0, 0.1) is 5.92 Å². The van der Waals surface area contributed by atoms with Gasteiger partial charge in [-0.3, -0.25) is 14.4 Å². The molecule has 0 aliphatic carbocycles. The molecule has 104 valence electrons. The number of carboxylic acids is 1. The van der Waals surface area contributed by atoms with Crippen LogP contribution < -0.4 is 10.6 Å². The second-order valence-corrected chi connectivity index (χ2v) is 4.66. The van der Waals surface area contributed by atoms with E-state index in [1.807, 2.05) is 0 Å². The zero-order valence-corrected chi connectivity index (χ0v) is 10.2. The zero-order valence-electron chi connectivity index (χ0n) is 10.2. The third-order valence-corrected chi connectivity index (χ3v) is 3.37. The van der Waals surface area contributed by atoms with Crippen molar-refractivity contribution >= 4 is 23.7 Å². The lowest BCUT2D eigenvalue weighted by molar-refractivity contribution is -0.156. The predicted octanol–water partition coefficient (Wildman–Crippen LogP) is -2.08. The highest BCUT2D eigenvalue weighted by atomic mass is 16.4. The normalized spacial score (nSPS) is 27.5. The van der Waals surface area contributed by atoms with E-state index >= 15 is 0 Å². The van der Waals surface area contributed by atoms with Gasteiger partial charge in [-0.05, 0) is 6.42 Å². The summed E-state index contributed by atoms with van der Waals surface area (Å²) in [7, 11) is 0. The molecule has 0 saturated carbocycles. The van der Waals surface area contributed by atoms with Gasteiger partial charge in [0.25, 0.3) is 0 Å². The molecule has 8 nitrogen and oxygen atoms in total. The molecule has 0 aromatic rings.